The highest BCUT2D eigenvalue weighted by Gasteiger charge is 2.16. The van der Waals surface area contributed by atoms with Crippen LogP contribution < -0.4 is 10.1 Å². The minimum atomic E-state index is -0.508. The predicted molar refractivity (Wildman–Crippen MR) is 74.3 cm³/mol. The van der Waals surface area contributed by atoms with Gasteiger partial charge in [0.05, 0.1) is 17.8 Å². The highest BCUT2D eigenvalue weighted by atomic mass is 35.5. The zero-order chi connectivity index (χ0) is 14.5. The van der Waals surface area contributed by atoms with E-state index < -0.39 is 5.91 Å². The number of halogens is 1. The number of thioether (sulfide) groups is 1. The fourth-order valence-electron chi connectivity index (χ4n) is 1.27. The number of H-pyrrole nitrogens is 1. The van der Waals surface area contributed by atoms with Gasteiger partial charge in [-0.1, -0.05) is 23.4 Å². The molecule has 0 radical (unpaired) electrons. The molecule has 0 unspecified atom stereocenters. The molecule has 0 aromatic carbocycles. The number of anilines is 1. The van der Waals surface area contributed by atoms with E-state index >= 15 is 0 Å². The molecule has 10 heteroatoms. The van der Waals surface area contributed by atoms with Gasteiger partial charge in [-0.15, -0.1) is 5.10 Å². The van der Waals surface area contributed by atoms with Crippen molar-refractivity contribution in [3.8, 4) is 6.01 Å². The van der Waals surface area contributed by atoms with Crippen LogP contribution in [0.15, 0.2) is 11.4 Å². The Labute approximate surface area is 123 Å². The summed E-state index contributed by atoms with van der Waals surface area (Å²) in [4.78, 5) is 24.0. The van der Waals surface area contributed by atoms with Gasteiger partial charge in [-0.25, -0.2) is 15.1 Å². The zero-order valence-electron chi connectivity index (χ0n) is 10.7. The van der Waals surface area contributed by atoms with Crippen molar-refractivity contribution in [2.75, 3.05) is 18.2 Å². The van der Waals surface area contributed by atoms with Gasteiger partial charge in [-0.2, -0.15) is 4.98 Å². The van der Waals surface area contributed by atoms with Gasteiger partial charge in [0, 0.05) is 0 Å². The number of carbonyl (C=O) groups excluding carboxylic acids is 1. The van der Waals surface area contributed by atoms with Crippen LogP contribution in [0.4, 0.5) is 5.95 Å². The van der Waals surface area contributed by atoms with Gasteiger partial charge >= 0.3 is 6.01 Å². The van der Waals surface area contributed by atoms with Gasteiger partial charge in [0.1, 0.15) is 0 Å². The van der Waals surface area contributed by atoms with E-state index in [4.69, 9.17) is 16.3 Å². The normalized spacial score (nSPS) is 10.3. The summed E-state index contributed by atoms with van der Waals surface area (Å²) < 4.78 is 5.07. The van der Waals surface area contributed by atoms with Crippen LogP contribution >= 0.6 is 23.4 Å². The molecule has 2 aromatic rings. The first-order valence-electron chi connectivity index (χ1n) is 5.57. The number of aromatic amines is 1. The van der Waals surface area contributed by atoms with Gasteiger partial charge in [-0.05, 0) is 13.2 Å². The van der Waals surface area contributed by atoms with Crippen molar-refractivity contribution in [2.45, 2.75) is 12.1 Å². The van der Waals surface area contributed by atoms with Crippen LogP contribution in [0.5, 0.6) is 6.01 Å². The minimum Gasteiger partial charge on any atom is -0.463 e. The van der Waals surface area contributed by atoms with E-state index in [9.17, 15) is 4.79 Å². The number of aromatic nitrogens is 5. The molecule has 8 nitrogen and oxygen atoms in total. The summed E-state index contributed by atoms with van der Waals surface area (Å²) >= 11 is 7.21. The van der Waals surface area contributed by atoms with Crippen molar-refractivity contribution >= 4 is 35.2 Å². The van der Waals surface area contributed by atoms with Crippen LogP contribution in [0, 0.1) is 0 Å². The smallest absolute Gasteiger partial charge is 0.337 e. The lowest BCUT2D eigenvalue weighted by Crippen LogP contribution is -2.16. The van der Waals surface area contributed by atoms with Crippen molar-refractivity contribution in [1.29, 1.82) is 0 Å². The van der Waals surface area contributed by atoms with Crippen molar-refractivity contribution in [2.24, 2.45) is 0 Å². The molecule has 1 amide bonds. The summed E-state index contributed by atoms with van der Waals surface area (Å²) in [5, 5.41) is 9.40. The molecule has 0 saturated heterocycles. The lowest BCUT2D eigenvalue weighted by atomic mass is 10.4. The number of rotatable bonds is 5. The van der Waals surface area contributed by atoms with E-state index in [0.717, 1.165) is 0 Å². The van der Waals surface area contributed by atoms with Gasteiger partial charge in [0.25, 0.3) is 5.91 Å². The molecule has 20 heavy (non-hydrogen) atoms. The third kappa shape index (κ3) is 3.36. The number of hydrogen-bond donors (Lipinski definition) is 2. The summed E-state index contributed by atoms with van der Waals surface area (Å²) in [5.74, 6) is -0.356. The molecule has 2 N–H and O–H groups in total. The Morgan fingerprint density at radius 1 is 1.55 bits per heavy atom. The zero-order valence-corrected chi connectivity index (χ0v) is 12.2. The third-order valence-corrected chi connectivity index (χ3v) is 2.93. The molecule has 2 aromatic heterocycles. The molecule has 0 aliphatic carbocycles. The summed E-state index contributed by atoms with van der Waals surface area (Å²) in [6.07, 6.45) is 3.18. The van der Waals surface area contributed by atoms with Crippen LogP contribution in [-0.4, -0.2) is 43.9 Å². The third-order valence-electron chi connectivity index (χ3n) is 2.09. The molecule has 106 valence electrons. The number of hydrogen-bond acceptors (Lipinski definition) is 7. The molecular weight excluding hydrogens is 304 g/mol. The molecule has 0 bridgehead atoms. The number of amides is 1. The molecule has 0 saturated carbocycles. The Morgan fingerprint density at radius 3 is 3.05 bits per heavy atom. The second kappa shape index (κ2) is 6.53. The second-order valence-corrected chi connectivity index (χ2v) is 4.59. The molecule has 0 aliphatic heterocycles. The number of nitrogens with one attached hydrogen (secondary N) is 2. The summed E-state index contributed by atoms with van der Waals surface area (Å²) in [7, 11) is 0. The second-order valence-electron chi connectivity index (χ2n) is 3.41. The van der Waals surface area contributed by atoms with E-state index in [1.165, 1.54) is 18.0 Å². The minimum absolute atomic E-state index is 0.0698. The van der Waals surface area contributed by atoms with Crippen molar-refractivity contribution in [3.05, 3.63) is 16.9 Å². The van der Waals surface area contributed by atoms with Gasteiger partial charge in [0.2, 0.25) is 5.95 Å². The van der Waals surface area contributed by atoms with E-state index in [2.05, 4.69) is 30.5 Å². The molecule has 0 atom stereocenters. The number of carbonyl (C=O) groups is 1. The average molecular weight is 315 g/mol. The summed E-state index contributed by atoms with van der Waals surface area (Å²) in [6, 6.07) is 0.154. The van der Waals surface area contributed by atoms with E-state index in [1.54, 1.807) is 13.2 Å². The van der Waals surface area contributed by atoms with Crippen LogP contribution in [0.3, 0.4) is 0 Å². The van der Waals surface area contributed by atoms with Crippen LogP contribution in [0.2, 0.25) is 5.02 Å². The van der Waals surface area contributed by atoms with Crippen LogP contribution in [0.1, 0.15) is 17.4 Å². The van der Waals surface area contributed by atoms with E-state index in [-0.39, 0.29) is 22.7 Å². The monoisotopic (exact) mass is 314 g/mol. The Hall–Kier alpha value is -1.87. The Kier molecular flexibility index (Phi) is 4.74. The standard InChI is InChI=1S/C10H11ClN6O2S/c1-3-19-9-15-8(16-17-9)14-7(18)6-5(11)4-12-10(13-6)20-2/h4H,3H2,1-2H3,(H2,14,15,16,17,18). The van der Waals surface area contributed by atoms with Crippen molar-refractivity contribution in [3.63, 3.8) is 0 Å². The largest absolute Gasteiger partial charge is 0.463 e. The SMILES string of the molecule is CCOc1n[nH]c(NC(=O)c2nc(SC)ncc2Cl)n1. The highest BCUT2D eigenvalue weighted by molar-refractivity contribution is 7.98. The topological polar surface area (TPSA) is 106 Å². The van der Waals surface area contributed by atoms with Crippen LogP contribution in [-0.2, 0) is 0 Å². The average Bonchev–Trinajstić information content (AvgIpc) is 2.87. The first-order valence-corrected chi connectivity index (χ1v) is 7.17. The Bertz CT molecular complexity index is 620. The lowest BCUT2D eigenvalue weighted by Gasteiger charge is -2.03. The molecular formula is C10H11ClN6O2S. The van der Waals surface area contributed by atoms with Gasteiger partial charge < -0.3 is 4.74 Å². The summed E-state index contributed by atoms with van der Waals surface area (Å²) in [5.41, 5.74) is 0.0698. The molecule has 0 spiro atoms. The first kappa shape index (κ1) is 14.5. The predicted octanol–water partition coefficient (Wildman–Crippen LogP) is 1.62. The maximum atomic E-state index is 12.0. The Morgan fingerprint density at radius 2 is 2.35 bits per heavy atom. The first-order chi connectivity index (χ1) is 9.63. The lowest BCUT2D eigenvalue weighted by molar-refractivity contribution is 0.102. The number of ether oxygens (including phenoxy) is 1. The quantitative estimate of drug-likeness (QED) is 0.638. The number of nitrogens with zero attached hydrogens (tertiary/aromatic N) is 4. The van der Waals surface area contributed by atoms with Crippen molar-refractivity contribution < 1.29 is 9.53 Å². The molecule has 0 fully saturated rings. The molecule has 0 aliphatic rings. The molecule has 2 rings (SSSR count). The highest BCUT2D eigenvalue weighted by Crippen LogP contribution is 2.17. The van der Waals surface area contributed by atoms with E-state index in [1.807, 2.05) is 0 Å². The molecule has 2 heterocycles. The van der Waals surface area contributed by atoms with Gasteiger partial charge in [0.15, 0.2) is 10.9 Å². The summed E-state index contributed by atoms with van der Waals surface area (Å²) in [6.45, 7) is 2.24. The van der Waals surface area contributed by atoms with Crippen molar-refractivity contribution in [1.82, 2.24) is 25.1 Å². The van der Waals surface area contributed by atoms with Crippen LogP contribution in [0.25, 0.3) is 0 Å². The Balaban J connectivity index is 2.14. The van der Waals surface area contributed by atoms with E-state index in [0.29, 0.717) is 11.8 Å². The maximum absolute atomic E-state index is 12.0. The fraction of sp³-hybridized carbons (Fsp3) is 0.300. The maximum Gasteiger partial charge on any atom is 0.337 e. The van der Waals surface area contributed by atoms with Gasteiger partial charge in [-0.3, -0.25) is 10.1 Å². The fourth-order valence-corrected chi connectivity index (χ4v) is 1.79.